The summed E-state index contributed by atoms with van der Waals surface area (Å²) in [4.78, 5) is 30.2. The second-order valence-corrected chi connectivity index (χ2v) is 7.41. The number of aliphatic carboxylic acids is 1. The quantitative estimate of drug-likeness (QED) is 0.854. The molecule has 0 spiro atoms. The van der Waals surface area contributed by atoms with Crippen molar-refractivity contribution < 1.29 is 19.1 Å². The predicted octanol–water partition coefficient (Wildman–Crippen LogP) is 3.51. The number of halogens is 1. The van der Waals surface area contributed by atoms with Crippen LogP contribution in [-0.2, 0) is 11.2 Å². The molecule has 0 aliphatic carbocycles. The fourth-order valence-corrected chi connectivity index (χ4v) is 3.94. The number of rotatable bonds is 4. The Balaban J connectivity index is 1.62. The third-order valence-electron chi connectivity index (χ3n) is 4.55. The first-order valence-electron chi connectivity index (χ1n) is 8.42. The second-order valence-electron chi connectivity index (χ2n) is 6.33. The van der Waals surface area contributed by atoms with Crippen molar-refractivity contribution >= 4 is 28.5 Å². The van der Waals surface area contributed by atoms with E-state index >= 15 is 0 Å². The van der Waals surface area contributed by atoms with E-state index < -0.39 is 5.97 Å². The molecule has 2 aromatic rings. The van der Waals surface area contributed by atoms with Crippen LogP contribution < -0.4 is 5.32 Å². The topological polar surface area (TPSA) is 82.5 Å². The number of thiazole rings is 1. The zero-order valence-corrected chi connectivity index (χ0v) is 15.2. The monoisotopic (exact) mass is 377 g/mol. The number of nitrogens with zero attached hydrogens (tertiary/aromatic N) is 2. The Morgan fingerprint density at radius 2 is 2.04 bits per heavy atom. The Morgan fingerprint density at radius 1 is 1.35 bits per heavy atom. The van der Waals surface area contributed by atoms with E-state index in [9.17, 15) is 14.0 Å². The zero-order chi connectivity index (χ0) is 18.7. The predicted molar refractivity (Wildman–Crippen MR) is 97.0 cm³/mol. The average molecular weight is 377 g/mol. The number of anilines is 1. The van der Waals surface area contributed by atoms with Crippen molar-refractivity contribution in [3.63, 3.8) is 0 Å². The number of benzene rings is 1. The molecule has 0 atom stereocenters. The molecule has 8 heteroatoms. The maximum atomic E-state index is 13.8. The molecule has 138 valence electrons. The Morgan fingerprint density at radius 3 is 2.69 bits per heavy atom. The van der Waals surface area contributed by atoms with Crippen molar-refractivity contribution in [2.75, 3.05) is 18.4 Å². The Bertz CT molecular complexity index is 816. The van der Waals surface area contributed by atoms with Gasteiger partial charge in [-0.1, -0.05) is 18.2 Å². The van der Waals surface area contributed by atoms with Gasteiger partial charge in [-0.15, -0.1) is 11.3 Å². The Labute approximate surface area is 154 Å². The van der Waals surface area contributed by atoms with Crippen molar-refractivity contribution in [3.05, 3.63) is 46.2 Å². The number of aromatic nitrogens is 1. The molecule has 2 N–H and O–H groups in total. The lowest BCUT2D eigenvalue weighted by Gasteiger charge is -2.29. The maximum Gasteiger partial charge on any atom is 0.323 e. The second kappa shape index (κ2) is 7.82. The molecule has 1 aliphatic rings. The van der Waals surface area contributed by atoms with Crippen molar-refractivity contribution in [3.8, 4) is 0 Å². The number of urea groups is 1. The van der Waals surface area contributed by atoms with Crippen molar-refractivity contribution in [2.24, 2.45) is 5.92 Å². The summed E-state index contributed by atoms with van der Waals surface area (Å²) >= 11 is 1.33. The van der Waals surface area contributed by atoms with Crippen LogP contribution in [0.5, 0.6) is 0 Å². The van der Waals surface area contributed by atoms with Gasteiger partial charge in [0, 0.05) is 24.4 Å². The molecule has 0 bridgehead atoms. The molecule has 1 aliphatic heterocycles. The van der Waals surface area contributed by atoms with E-state index in [0.29, 0.717) is 43.0 Å². The van der Waals surface area contributed by atoms with Gasteiger partial charge in [0.15, 0.2) is 5.13 Å². The van der Waals surface area contributed by atoms with Gasteiger partial charge in [-0.2, -0.15) is 0 Å². The van der Waals surface area contributed by atoms with Crippen LogP contribution in [0.1, 0.15) is 29.0 Å². The number of carbonyl (C=O) groups is 2. The Kier molecular flexibility index (Phi) is 5.51. The van der Waals surface area contributed by atoms with Crippen LogP contribution in [0.4, 0.5) is 14.3 Å². The number of carbonyl (C=O) groups excluding carboxylic acids is 1. The van der Waals surface area contributed by atoms with Crippen molar-refractivity contribution in [1.29, 1.82) is 0 Å². The van der Waals surface area contributed by atoms with E-state index in [1.807, 2.05) is 6.92 Å². The summed E-state index contributed by atoms with van der Waals surface area (Å²) in [5, 5.41) is 12.3. The third kappa shape index (κ3) is 4.19. The van der Waals surface area contributed by atoms with Gasteiger partial charge in [-0.3, -0.25) is 10.1 Å². The minimum atomic E-state index is -0.807. The summed E-state index contributed by atoms with van der Waals surface area (Å²) in [5.74, 6) is -1.45. The number of hydrogen-bond donors (Lipinski definition) is 2. The lowest BCUT2D eigenvalue weighted by Crippen LogP contribution is -2.42. The molecule has 0 saturated carbocycles. The molecule has 1 aromatic carbocycles. The van der Waals surface area contributed by atoms with Gasteiger partial charge in [-0.25, -0.2) is 14.2 Å². The van der Waals surface area contributed by atoms with Gasteiger partial charge >= 0.3 is 12.0 Å². The fourth-order valence-electron chi connectivity index (χ4n) is 2.96. The normalized spacial score (nSPS) is 15.1. The standard InChI is InChI=1S/C18H20FN3O3S/c1-11-15(10-13-4-2-3-5-14(13)19)26-17(20-11)21-18(25)22-8-6-12(7-9-22)16(23)24/h2-5,12H,6-10H2,1H3,(H,23,24)(H,20,21,25). The van der Waals surface area contributed by atoms with Gasteiger partial charge in [0.05, 0.1) is 11.6 Å². The molecule has 6 nitrogen and oxygen atoms in total. The number of carboxylic acid groups (broad SMARTS) is 1. The first-order chi connectivity index (χ1) is 12.4. The summed E-state index contributed by atoms with van der Waals surface area (Å²) in [6, 6.07) is 6.32. The van der Waals surface area contributed by atoms with E-state index in [1.54, 1.807) is 23.1 Å². The molecule has 0 unspecified atom stereocenters. The van der Waals surface area contributed by atoms with Gasteiger partial charge < -0.3 is 10.0 Å². The van der Waals surface area contributed by atoms with E-state index in [1.165, 1.54) is 17.4 Å². The number of aryl methyl sites for hydroxylation is 1. The van der Waals surface area contributed by atoms with Crippen LogP contribution >= 0.6 is 11.3 Å². The molecule has 2 heterocycles. The average Bonchev–Trinajstić information content (AvgIpc) is 2.96. The number of nitrogens with one attached hydrogen (secondary N) is 1. The van der Waals surface area contributed by atoms with E-state index in [4.69, 9.17) is 5.11 Å². The van der Waals surface area contributed by atoms with Crippen LogP contribution in [-0.4, -0.2) is 40.1 Å². The zero-order valence-electron chi connectivity index (χ0n) is 14.4. The number of likely N-dealkylation sites (tertiary alicyclic amines) is 1. The highest BCUT2D eigenvalue weighted by molar-refractivity contribution is 7.15. The molecule has 1 fully saturated rings. The fraction of sp³-hybridized carbons (Fsp3) is 0.389. The lowest BCUT2D eigenvalue weighted by atomic mass is 9.97. The van der Waals surface area contributed by atoms with E-state index in [0.717, 1.165) is 10.6 Å². The molecule has 2 amide bonds. The summed E-state index contributed by atoms with van der Waals surface area (Å²) in [5.41, 5.74) is 1.35. The Hall–Kier alpha value is -2.48. The number of hydrogen-bond acceptors (Lipinski definition) is 4. The number of carboxylic acids is 1. The first kappa shape index (κ1) is 18.3. The van der Waals surface area contributed by atoms with Crippen LogP contribution in [0.15, 0.2) is 24.3 Å². The summed E-state index contributed by atoms with van der Waals surface area (Å²) < 4.78 is 13.8. The molecule has 26 heavy (non-hydrogen) atoms. The van der Waals surface area contributed by atoms with Crippen molar-refractivity contribution in [1.82, 2.24) is 9.88 Å². The number of piperidine rings is 1. The lowest BCUT2D eigenvalue weighted by molar-refractivity contribution is -0.143. The van der Waals surface area contributed by atoms with Crippen LogP contribution in [0, 0.1) is 18.7 Å². The van der Waals surface area contributed by atoms with Gasteiger partial charge in [0.1, 0.15) is 5.82 Å². The van der Waals surface area contributed by atoms with Gasteiger partial charge in [-0.05, 0) is 31.4 Å². The highest BCUT2D eigenvalue weighted by Gasteiger charge is 2.27. The third-order valence-corrected chi connectivity index (χ3v) is 5.62. The summed E-state index contributed by atoms with van der Waals surface area (Å²) in [6.45, 7) is 2.66. The minimum Gasteiger partial charge on any atom is -0.481 e. The molecular weight excluding hydrogens is 357 g/mol. The molecule has 1 aromatic heterocycles. The highest BCUT2D eigenvalue weighted by atomic mass is 32.1. The smallest absolute Gasteiger partial charge is 0.323 e. The van der Waals surface area contributed by atoms with Gasteiger partial charge in [0.25, 0.3) is 0 Å². The van der Waals surface area contributed by atoms with E-state index in [2.05, 4.69) is 10.3 Å². The molecular formula is C18H20FN3O3S. The summed E-state index contributed by atoms with van der Waals surface area (Å²) in [6.07, 6.45) is 1.34. The molecule has 0 radical (unpaired) electrons. The molecule has 3 rings (SSSR count). The highest BCUT2D eigenvalue weighted by Crippen LogP contribution is 2.27. The van der Waals surface area contributed by atoms with Gasteiger partial charge in [0.2, 0.25) is 0 Å². The van der Waals surface area contributed by atoms with Crippen molar-refractivity contribution in [2.45, 2.75) is 26.2 Å². The largest absolute Gasteiger partial charge is 0.481 e. The molecule has 1 saturated heterocycles. The minimum absolute atomic E-state index is 0.257. The summed E-state index contributed by atoms with van der Waals surface area (Å²) in [7, 11) is 0. The maximum absolute atomic E-state index is 13.8. The first-order valence-corrected chi connectivity index (χ1v) is 9.24. The van der Waals surface area contributed by atoms with E-state index in [-0.39, 0.29) is 17.8 Å². The van der Waals surface area contributed by atoms with Crippen LogP contribution in [0.25, 0.3) is 0 Å². The van der Waals surface area contributed by atoms with Crippen LogP contribution in [0.2, 0.25) is 0 Å². The number of amides is 2. The SMILES string of the molecule is Cc1nc(NC(=O)N2CCC(C(=O)O)CC2)sc1Cc1ccccc1F. The van der Waals surface area contributed by atoms with Crippen LogP contribution in [0.3, 0.4) is 0 Å².